The third-order valence-electron chi connectivity index (χ3n) is 2.23. The van der Waals surface area contributed by atoms with Gasteiger partial charge in [-0.25, -0.2) is 0 Å². The van der Waals surface area contributed by atoms with Crippen LogP contribution in [0.3, 0.4) is 0 Å². The van der Waals surface area contributed by atoms with Crippen molar-refractivity contribution in [2.24, 2.45) is 11.5 Å². The van der Waals surface area contributed by atoms with Gasteiger partial charge in [0.1, 0.15) is 13.1 Å². The maximum Gasteiger partial charge on any atom is 0.256 e. The van der Waals surface area contributed by atoms with Crippen LogP contribution in [0, 0.1) is 0 Å². The van der Waals surface area contributed by atoms with Crippen molar-refractivity contribution < 1.29 is 14.4 Å². The number of nitrogens with two attached hydrogens (primary N) is 3. The predicted molar refractivity (Wildman–Crippen MR) is 70.2 cm³/mol. The summed E-state index contributed by atoms with van der Waals surface area (Å²) in [5.41, 5.74) is 15.9. The van der Waals surface area contributed by atoms with Gasteiger partial charge in [-0.05, 0) is 18.2 Å². The molecule has 0 saturated carbocycles. The van der Waals surface area contributed by atoms with E-state index in [2.05, 4.69) is 0 Å². The Kier molecular flexibility index (Phi) is 4.71. The van der Waals surface area contributed by atoms with Crippen molar-refractivity contribution in [1.82, 2.24) is 4.90 Å². The molecule has 6 N–H and O–H groups in total. The highest BCUT2D eigenvalue weighted by Crippen LogP contribution is 2.19. The molecule has 19 heavy (non-hydrogen) atoms. The fourth-order valence-electron chi connectivity index (χ4n) is 1.46. The molecule has 0 saturated heterocycles. The summed E-state index contributed by atoms with van der Waals surface area (Å²) >= 11 is 5.77. The number of benzene rings is 1. The van der Waals surface area contributed by atoms with Gasteiger partial charge in [-0.2, -0.15) is 0 Å². The molecule has 0 spiro atoms. The minimum Gasteiger partial charge on any atom is -0.398 e. The van der Waals surface area contributed by atoms with Gasteiger partial charge in [0, 0.05) is 10.7 Å². The number of nitrogen functional groups attached to an aromatic ring is 1. The molecule has 0 aliphatic rings. The van der Waals surface area contributed by atoms with E-state index in [1.54, 1.807) is 0 Å². The van der Waals surface area contributed by atoms with Gasteiger partial charge < -0.3 is 22.1 Å². The molecule has 0 radical (unpaired) electrons. The summed E-state index contributed by atoms with van der Waals surface area (Å²) in [4.78, 5) is 34.9. The first kappa shape index (κ1) is 14.8. The quantitative estimate of drug-likeness (QED) is 0.619. The first-order chi connectivity index (χ1) is 8.81. The Bertz CT molecular complexity index is 517. The smallest absolute Gasteiger partial charge is 0.256 e. The molecule has 7 nitrogen and oxygen atoms in total. The highest BCUT2D eigenvalue weighted by Gasteiger charge is 2.21. The standard InChI is InChI=1S/C11H13ClN4O3/c12-6-1-2-8(13)7(3-6)11(19)16(4-9(14)17)5-10(15)18/h1-3H,4-5,13H2,(H2,14,17)(H2,15,18). The van der Waals surface area contributed by atoms with E-state index in [0.29, 0.717) is 5.02 Å². The van der Waals surface area contributed by atoms with Gasteiger partial charge in [-0.15, -0.1) is 0 Å². The number of amides is 3. The second-order valence-electron chi connectivity index (χ2n) is 3.83. The average Bonchev–Trinajstić information content (AvgIpc) is 2.29. The summed E-state index contributed by atoms with van der Waals surface area (Å²) in [6.45, 7) is -0.874. The molecule has 0 fully saturated rings. The highest BCUT2D eigenvalue weighted by molar-refractivity contribution is 6.31. The molecule has 0 unspecified atom stereocenters. The van der Waals surface area contributed by atoms with E-state index in [9.17, 15) is 14.4 Å². The van der Waals surface area contributed by atoms with Crippen LogP contribution in [0.1, 0.15) is 10.4 Å². The number of anilines is 1. The van der Waals surface area contributed by atoms with Crippen molar-refractivity contribution in [1.29, 1.82) is 0 Å². The fourth-order valence-corrected chi connectivity index (χ4v) is 1.63. The Balaban J connectivity index is 3.07. The number of nitrogens with zero attached hydrogens (tertiary/aromatic N) is 1. The van der Waals surface area contributed by atoms with Crippen LogP contribution in [0.15, 0.2) is 18.2 Å². The molecule has 0 aliphatic heterocycles. The van der Waals surface area contributed by atoms with Gasteiger partial charge in [0.2, 0.25) is 11.8 Å². The van der Waals surface area contributed by atoms with E-state index in [0.717, 1.165) is 4.90 Å². The summed E-state index contributed by atoms with van der Waals surface area (Å²) in [6.07, 6.45) is 0. The van der Waals surface area contributed by atoms with Crippen LogP contribution in [0.5, 0.6) is 0 Å². The first-order valence-corrected chi connectivity index (χ1v) is 5.60. The molecule has 8 heteroatoms. The summed E-state index contributed by atoms with van der Waals surface area (Å²) in [6, 6.07) is 4.30. The molecule has 3 amide bonds. The maximum absolute atomic E-state index is 12.2. The van der Waals surface area contributed by atoms with Crippen LogP contribution in [0.2, 0.25) is 5.02 Å². The maximum atomic E-state index is 12.2. The number of primary amides is 2. The van der Waals surface area contributed by atoms with Gasteiger partial charge in [0.05, 0.1) is 5.56 Å². The van der Waals surface area contributed by atoms with E-state index in [-0.39, 0.29) is 11.3 Å². The Morgan fingerprint density at radius 3 is 2.11 bits per heavy atom. The van der Waals surface area contributed by atoms with E-state index in [4.69, 9.17) is 28.8 Å². The normalized spacial score (nSPS) is 9.95. The third-order valence-corrected chi connectivity index (χ3v) is 2.46. The zero-order chi connectivity index (χ0) is 14.6. The molecule has 0 aromatic heterocycles. The summed E-state index contributed by atoms with van der Waals surface area (Å²) < 4.78 is 0. The van der Waals surface area contributed by atoms with Crippen molar-refractivity contribution >= 4 is 35.0 Å². The zero-order valence-corrected chi connectivity index (χ0v) is 10.7. The summed E-state index contributed by atoms with van der Waals surface area (Å²) in [5.74, 6) is -2.18. The van der Waals surface area contributed by atoms with Crippen LogP contribution >= 0.6 is 11.6 Å². The van der Waals surface area contributed by atoms with Gasteiger partial charge in [-0.1, -0.05) is 11.6 Å². The number of carbonyl (C=O) groups excluding carboxylic acids is 3. The van der Waals surface area contributed by atoms with E-state index in [1.165, 1.54) is 18.2 Å². The Hall–Kier alpha value is -2.28. The van der Waals surface area contributed by atoms with Crippen molar-refractivity contribution in [3.05, 3.63) is 28.8 Å². The molecule has 102 valence electrons. The first-order valence-electron chi connectivity index (χ1n) is 5.22. The number of hydrogen-bond donors (Lipinski definition) is 3. The highest BCUT2D eigenvalue weighted by atomic mass is 35.5. The lowest BCUT2D eigenvalue weighted by Crippen LogP contribution is -2.43. The SMILES string of the molecule is NC(=O)CN(CC(N)=O)C(=O)c1cc(Cl)ccc1N. The Labute approximate surface area is 114 Å². The number of rotatable bonds is 5. The molecule has 0 atom stereocenters. The van der Waals surface area contributed by atoms with Crippen LogP contribution in [-0.4, -0.2) is 35.7 Å². The van der Waals surface area contributed by atoms with Crippen molar-refractivity contribution in [2.45, 2.75) is 0 Å². The number of carbonyl (C=O) groups is 3. The lowest BCUT2D eigenvalue weighted by molar-refractivity contribution is -0.121. The van der Waals surface area contributed by atoms with Gasteiger partial charge in [0.15, 0.2) is 0 Å². The van der Waals surface area contributed by atoms with E-state index >= 15 is 0 Å². The molecular formula is C11H13ClN4O3. The molecule has 0 bridgehead atoms. The fraction of sp³-hybridized carbons (Fsp3) is 0.182. The molecule has 1 aromatic rings. The lowest BCUT2D eigenvalue weighted by atomic mass is 10.1. The predicted octanol–water partition coefficient (Wildman–Crippen LogP) is -0.665. The van der Waals surface area contributed by atoms with Crippen LogP contribution in [0.25, 0.3) is 0 Å². The minimum atomic E-state index is -0.768. The van der Waals surface area contributed by atoms with Gasteiger partial charge in [0.25, 0.3) is 5.91 Å². The Morgan fingerprint density at radius 1 is 1.11 bits per heavy atom. The average molecular weight is 285 g/mol. The minimum absolute atomic E-state index is 0.0787. The number of hydrogen-bond acceptors (Lipinski definition) is 4. The van der Waals surface area contributed by atoms with Crippen molar-refractivity contribution in [3.8, 4) is 0 Å². The Morgan fingerprint density at radius 2 is 1.63 bits per heavy atom. The van der Waals surface area contributed by atoms with Crippen LogP contribution in [-0.2, 0) is 9.59 Å². The van der Waals surface area contributed by atoms with Gasteiger partial charge >= 0.3 is 0 Å². The third kappa shape index (κ3) is 4.14. The molecule has 1 rings (SSSR count). The number of halogens is 1. The van der Waals surface area contributed by atoms with Crippen LogP contribution in [0.4, 0.5) is 5.69 Å². The van der Waals surface area contributed by atoms with Crippen LogP contribution < -0.4 is 17.2 Å². The van der Waals surface area contributed by atoms with Crippen molar-refractivity contribution in [2.75, 3.05) is 18.8 Å². The van der Waals surface area contributed by atoms with E-state index in [1.807, 2.05) is 0 Å². The van der Waals surface area contributed by atoms with Crippen molar-refractivity contribution in [3.63, 3.8) is 0 Å². The monoisotopic (exact) mass is 284 g/mol. The second-order valence-corrected chi connectivity index (χ2v) is 4.26. The summed E-state index contributed by atoms with van der Waals surface area (Å²) in [7, 11) is 0. The lowest BCUT2D eigenvalue weighted by Gasteiger charge is -2.20. The molecule has 0 heterocycles. The molecule has 1 aromatic carbocycles. The van der Waals surface area contributed by atoms with E-state index < -0.39 is 30.8 Å². The second kappa shape index (κ2) is 6.05. The molecule has 0 aliphatic carbocycles. The largest absolute Gasteiger partial charge is 0.398 e. The molecular weight excluding hydrogens is 272 g/mol. The summed E-state index contributed by atoms with van der Waals surface area (Å²) in [5, 5.41) is 0.302. The van der Waals surface area contributed by atoms with Gasteiger partial charge in [-0.3, -0.25) is 14.4 Å². The zero-order valence-electron chi connectivity index (χ0n) is 9.93. The topological polar surface area (TPSA) is 133 Å².